The molecule has 3 heterocycles. The number of hydrogen-bond donors (Lipinski definition) is 0. The van der Waals surface area contributed by atoms with Gasteiger partial charge in [0.1, 0.15) is 10.0 Å². The number of rotatable bonds is 3. The quantitative estimate of drug-likeness (QED) is 0.538. The number of fused-ring (bicyclic) bond motifs is 1. The maximum absolute atomic E-state index is 13.5. The van der Waals surface area contributed by atoms with Gasteiger partial charge in [-0.15, -0.1) is 0 Å². The summed E-state index contributed by atoms with van der Waals surface area (Å²) in [6, 6.07) is 3.39. The Labute approximate surface area is 171 Å². The largest absolute Gasteiger partial charge is 0.435 e. The van der Waals surface area contributed by atoms with Crippen LogP contribution in [-0.4, -0.2) is 19.2 Å². The maximum Gasteiger partial charge on any atom is 0.435 e. The third kappa shape index (κ3) is 3.54. The lowest BCUT2D eigenvalue weighted by molar-refractivity contribution is -0.141. The Morgan fingerprint density at radius 2 is 1.93 bits per heavy atom. The van der Waals surface area contributed by atoms with Gasteiger partial charge < -0.3 is 0 Å². The van der Waals surface area contributed by atoms with Gasteiger partial charge in [0.2, 0.25) is 0 Å². The van der Waals surface area contributed by atoms with Crippen LogP contribution in [0.3, 0.4) is 0 Å². The molecule has 0 bridgehead atoms. The smallest absolute Gasteiger partial charge is 0.269 e. The molecular weight excluding hydrogens is 460 g/mol. The highest BCUT2D eigenvalue weighted by Gasteiger charge is 2.48. The highest BCUT2D eigenvalue weighted by molar-refractivity contribution is 7.17. The third-order valence-electron chi connectivity index (χ3n) is 4.51. The van der Waals surface area contributed by atoms with Crippen molar-refractivity contribution in [3.05, 3.63) is 49.6 Å². The minimum absolute atomic E-state index is 0.104. The zero-order chi connectivity index (χ0) is 22.0. The fourth-order valence-electron chi connectivity index (χ4n) is 3.10. The fraction of sp³-hybridized carbons (Fsp3) is 0.375. The van der Waals surface area contributed by atoms with E-state index in [-0.39, 0.29) is 39.3 Å². The van der Waals surface area contributed by atoms with Crippen LogP contribution in [0.25, 0.3) is 4.96 Å². The van der Waals surface area contributed by atoms with Gasteiger partial charge in [0, 0.05) is 18.1 Å². The predicted octanol–water partition coefficient (Wildman–Crippen LogP) is 4.32. The Morgan fingerprint density at radius 3 is 2.47 bits per heavy atom. The molecule has 1 fully saturated rings. The van der Waals surface area contributed by atoms with Gasteiger partial charge in [-0.25, -0.2) is 9.67 Å². The van der Waals surface area contributed by atoms with Crippen molar-refractivity contribution in [2.75, 3.05) is 0 Å². The van der Waals surface area contributed by atoms with Crippen LogP contribution in [0.2, 0.25) is 5.15 Å². The predicted molar refractivity (Wildman–Crippen MR) is 92.1 cm³/mol. The molecule has 0 N–H and O–H groups in total. The summed E-state index contributed by atoms with van der Waals surface area (Å²) in [5.74, 6) is -1.36. The molecule has 4 rings (SSSR count). The minimum Gasteiger partial charge on any atom is -0.269 e. The summed E-state index contributed by atoms with van der Waals surface area (Å²) >= 11 is 5.98. The molecule has 3 aromatic heterocycles. The Morgan fingerprint density at radius 1 is 1.23 bits per heavy atom. The number of aromatic nitrogens is 4. The third-order valence-corrected chi connectivity index (χ3v) is 5.91. The lowest BCUT2D eigenvalue weighted by atomic mass is 10.2. The molecule has 6 nitrogen and oxygen atoms in total. The monoisotopic (exact) mass is 467 g/mol. The second kappa shape index (κ2) is 6.71. The number of hydrogen-bond acceptors (Lipinski definition) is 5. The Kier molecular flexibility index (Phi) is 4.62. The van der Waals surface area contributed by atoms with Crippen molar-refractivity contribution in [1.82, 2.24) is 19.2 Å². The molecular formula is C16H8ClF6N5OS. The molecule has 2 atom stereocenters. The number of nitrogens with zero attached hydrogens (tertiary/aromatic N) is 5. The number of alkyl halides is 6. The van der Waals surface area contributed by atoms with E-state index in [0.29, 0.717) is 6.07 Å². The van der Waals surface area contributed by atoms with Crippen molar-refractivity contribution < 1.29 is 26.3 Å². The van der Waals surface area contributed by atoms with E-state index in [2.05, 4.69) is 10.1 Å². The summed E-state index contributed by atoms with van der Waals surface area (Å²) in [5.41, 5.74) is -2.50. The van der Waals surface area contributed by atoms with Crippen LogP contribution >= 0.6 is 22.9 Å². The normalized spacial score (nSPS) is 19.3. The second-order valence-corrected chi connectivity index (χ2v) is 7.97. The molecule has 0 radical (unpaired) electrons. The van der Waals surface area contributed by atoms with E-state index < -0.39 is 46.9 Å². The van der Waals surface area contributed by atoms with Gasteiger partial charge in [-0.1, -0.05) is 22.9 Å². The Bertz CT molecular complexity index is 1250. The van der Waals surface area contributed by atoms with Crippen LogP contribution in [0.4, 0.5) is 26.3 Å². The second-order valence-electron chi connectivity index (χ2n) is 6.60. The van der Waals surface area contributed by atoms with Crippen molar-refractivity contribution in [1.29, 1.82) is 5.26 Å². The molecule has 1 saturated carbocycles. The van der Waals surface area contributed by atoms with E-state index in [1.807, 2.05) is 6.07 Å². The average molecular weight is 468 g/mol. The zero-order valence-electron chi connectivity index (χ0n) is 14.4. The fourth-order valence-corrected chi connectivity index (χ4v) is 4.39. The molecule has 14 heteroatoms. The van der Waals surface area contributed by atoms with E-state index in [0.717, 1.165) is 15.1 Å². The van der Waals surface area contributed by atoms with Crippen LogP contribution in [0.1, 0.15) is 34.3 Å². The van der Waals surface area contributed by atoms with Crippen LogP contribution in [0, 0.1) is 17.2 Å². The van der Waals surface area contributed by atoms with Gasteiger partial charge in [0.25, 0.3) is 5.56 Å². The van der Waals surface area contributed by atoms with Gasteiger partial charge in [-0.3, -0.25) is 9.20 Å². The van der Waals surface area contributed by atoms with E-state index >= 15 is 0 Å². The zero-order valence-corrected chi connectivity index (χ0v) is 16.0. The van der Waals surface area contributed by atoms with Gasteiger partial charge in [0.05, 0.1) is 29.9 Å². The molecule has 0 unspecified atom stereocenters. The summed E-state index contributed by atoms with van der Waals surface area (Å²) in [4.78, 5) is 15.3. The Hall–Kier alpha value is -2.59. The molecule has 3 aromatic rings. The standard InChI is InChI=1S/C16H8ClF6N5OS/c17-10-3-9(15(18,19)20)26-27(10)5-7-2-11(29)28-12(8-1-6(8)4-24)13(16(21,22)23)30-14(28)25-7/h2-3,6,8H,1,5H2/t6-,8+/m1/s1. The van der Waals surface area contributed by atoms with E-state index in [1.54, 1.807) is 0 Å². The highest BCUT2D eigenvalue weighted by Crippen LogP contribution is 2.52. The summed E-state index contributed by atoms with van der Waals surface area (Å²) in [6.45, 7) is -0.445. The van der Waals surface area contributed by atoms with Gasteiger partial charge in [0.15, 0.2) is 10.7 Å². The SMILES string of the molecule is N#C[C@H]1C[C@@H]1c1c(C(F)(F)F)sc2nc(Cn3nc(C(F)(F)F)cc3Cl)cc(=O)n12. The summed E-state index contributed by atoms with van der Waals surface area (Å²) < 4.78 is 80.3. The van der Waals surface area contributed by atoms with E-state index in [1.165, 1.54) is 0 Å². The van der Waals surface area contributed by atoms with Gasteiger partial charge in [-0.05, 0) is 6.42 Å². The molecule has 0 saturated heterocycles. The van der Waals surface area contributed by atoms with Crippen molar-refractivity contribution in [2.45, 2.75) is 31.2 Å². The molecule has 158 valence electrons. The highest BCUT2D eigenvalue weighted by atomic mass is 35.5. The molecule has 0 amide bonds. The van der Waals surface area contributed by atoms with Crippen LogP contribution < -0.4 is 5.56 Å². The topological polar surface area (TPSA) is 76.0 Å². The summed E-state index contributed by atoms with van der Waals surface area (Å²) in [5, 5.41) is 11.9. The molecule has 1 aliphatic carbocycles. The lowest BCUT2D eigenvalue weighted by Crippen LogP contribution is -2.19. The number of halogens is 7. The first kappa shape index (κ1) is 20.7. The Balaban J connectivity index is 1.80. The molecule has 30 heavy (non-hydrogen) atoms. The number of nitriles is 1. The van der Waals surface area contributed by atoms with Crippen LogP contribution in [0.5, 0.6) is 0 Å². The summed E-state index contributed by atoms with van der Waals surface area (Å²) in [6.07, 6.45) is -9.30. The van der Waals surface area contributed by atoms with Crippen molar-refractivity contribution in [3.8, 4) is 6.07 Å². The molecule has 0 spiro atoms. The van der Waals surface area contributed by atoms with Crippen molar-refractivity contribution in [2.24, 2.45) is 5.92 Å². The minimum atomic E-state index is -4.75. The van der Waals surface area contributed by atoms with Crippen molar-refractivity contribution in [3.63, 3.8) is 0 Å². The van der Waals surface area contributed by atoms with Gasteiger partial charge >= 0.3 is 12.4 Å². The lowest BCUT2D eigenvalue weighted by Gasteiger charge is -2.07. The maximum atomic E-state index is 13.5. The first-order valence-corrected chi connectivity index (χ1v) is 9.42. The molecule has 0 aromatic carbocycles. The van der Waals surface area contributed by atoms with Crippen LogP contribution in [0.15, 0.2) is 16.9 Å². The van der Waals surface area contributed by atoms with E-state index in [9.17, 15) is 31.1 Å². The van der Waals surface area contributed by atoms with Gasteiger partial charge in [-0.2, -0.15) is 36.7 Å². The number of thiazole rings is 1. The first-order valence-electron chi connectivity index (χ1n) is 8.23. The van der Waals surface area contributed by atoms with Crippen molar-refractivity contribution >= 4 is 27.9 Å². The summed E-state index contributed by atoms with van der Waals surface area (Å²) in [7, 11) is 0. The molecule has 1 aliphatic rings. The van der Waals surface area contributed by atoms with Crippen LogP contribution in [-0.2, 0) is 18.9 Å². The molecule has 0 aliphatic heterocycles. The van der Waals surface area contributed by atoms with E-state index in [4.69, 9.17) is 16.9 Å². The average Bonchev–Trinajstić information content (AvgIpc) is 3.14. The first-order chi connectivity index (χ1) is 13.9.